The fourth-order valence-electron chi connectivity index (χ4n) is 2.33. The van der Waals surface area contributed by atoms with Crippen LogP contribution in [0.15, 0.2) is 53.5 Å². The van der Waals surface area contributed by atoms with Crippen LogP contribution in [0, 0.1) is 0 Å². The Balaban J connectivity index is 1.76. The Morgan fingerprint density at radius 2 is 1.92 bits per heavy atom. The number of benzene rings is 2. The van der Waals surface area contributed by atoms with E-state index in [4.69, 9.17) is 11.6 Å². The zero-order valence-corrected chi connectivity index (χ0v) is 14.0. The highest BCUT2D eigenvalue weighted by Gasteiger charge is 2.31. The molecule has 2 aromatic rings. The molecule has 5 nitrogen and oxygen atoms in total. The van der Waals surface area contributed by atoms with E-state index >= 15 is 0 Å². The van der Waals surface area contributed by atoms with E-state index in [1.54, 1.807) is 42.5 Å². The van der Waals surface area contributed by atoms with Gasteiger partial charge in [0.25, 0.3) is 0 Å². The monoisotopic (exact) mass is 360 g/mol. The third kappa shape index (κ3) is 3.77. The first-order chi connectivity index (χ1) is 11.5. The van der Waals surface area contributed by atoms with Crippen molar-refractivity contribution in [2.24, 2.45) is 4.99 Å². The number of thioether (sulfide) groups is 1. The molecule has 24 heavy (non-hydrogen) atoms. The van der Waals surface area contributed by atoms with Gasteiger partial charge in [-0.1, -0.05) is 41.6 Å². The van der Waals surface area contributed by atoms with Crippen LogP contribution in [0.4, 0.5) is 5.69 Å². The molecule has 0 bridgehead atoms. The molecule has 0 radical (unpaired) electrons. The van der Waals surface area contributed by atoms with Gasteiger partial charge in [-0.15, -0.1) is 0 Å². The van der Waals surface area contributed by atoms with Gasteiger partial charge >= 0.3 is 5.97 Å². The molecule has 0 aromatic heterocycles. The number of aromatic carboxylic acids is 1. The lowest BCUT2D eigenvalue weighted by Gasteiger charge is -2.08. The Hall–Kier alpha value is -2.31. The van der Waals surface area contributed by atoms with Crippen LogP contribution in [-0.4, -0.2) is 27.4 Å². The van der Waals surface area contributed by atoms with E-state index in [2.05, 4.69) is 10.3 Å². The lowest BCUT2D eigenvalue weighted by Crippen LogP contribution is -2.26. The number of nitrogens with one attached hydrogen (secondary N) is 1. The minimum absolute atomic E-state index is 0.173. The summed E-state index contributed by atoms with van der Waals surface area (Å²) in [7, 11) is 0. The van der Waals surface area contributed by atoms with Gasteiger partial charge in [0.05, 0.1) is 16.5 Å². The SMILES string of the molecule is O=C(O)c1ccccc1C[C@@H]1SC(=Nc2ccc(Cl)cc2)NC1=O. The molecule has 2 N–H and O–H groups in total. The average Bonchev–Trinajstić information content (AvgIpc) is 2.89. The number of nitrogens with zero attached hydrogens (tertiary/aromatic N) is 1. The normalized spacial score (nSPS) is 18.6. The van der Waals surface area contributed by atoms with E-state index in [1.807, 2.05) is 0 Å². The highest BCUT2D eigenvalue weighted by molar-refractivity contribution is 8.15. The zero-order valence-electron chi connectivity index (χ0n) is 12.4. The first-order valence-electron chi connectivity index (χ1n) is 7.16. The maximum atomic E-state index is 12.1. The maximum Gasteiger partial charge on any atom is 0.335 e. The third-order valence-electron chi connectivity index (χ3n) is 3.49. The van der Waals surface area contributed by atoms with Crippen molar-refractivity contribution in [3.63, 3.8) is 0 Å². The highest BCUT2D eigenvalue weighted by Crippen LogP contribution is 2.27. The van der Waals surface area contributed by atoms with E-state index in [9.17, 15) is 14.7 Å². The minimum Gasteiger partial charge on any atom is -0.478 e. The molecule has 1 amide bonds. The summed E-state index contributed by atoms with van der Waals surface area (Å²) >= 11 is 7.13. The molecule has 0 saturated carbocycles. The second-order valence-electron chi connectivity index (χ2n) is 5.16. The van der Waals surface area contributed by atoms with Crippen molar-refractivity contribution in [3.8, 4) is 0 Å². The molecule has 0 spiro atoms. The number of carbonyl (C=O) groups excluding carboxylic acids is 1. The minimum atomic E-state index is -0.996. The molecular formula is C17H13ClN2O3S. The van der Waals surface area contributed by atoms with Gasteiger partial charge in [0.15, 0.2) is 5.17 Å². The molecule has 1 fully saturated rings. The number of amides is 1. The van der Waals surface area contributed by atoms with Crippen LogP contribution in [0.1, 0.15) is 15.9 Å². The number of hydrogen-bond donors (Lipinski definition) is 2. The van der Waals surface area contributed by atoms with Crippen LogP contribution in [0.2, 0.25) is 5.02 Å². The molecule has 0 unspecified atom stereocenters. The average molecular weight is 361 g/mol. The smallest absolute Gasteiger partial charge is 0.335 e. The Bertz CT molecular complexity index is 821. The van der Waals surface area contributed by atoms with E-state index in [0.29, 0.717) is 27.9 Å². The lowest BCUT2D eigenvalue weighted by molar-refractivity contribution is -0.118. The highest BCUT2D eigenvalue weighted by atomic mass is 35.5. The Morgan fingerprint density at radius 3 is 2.62 bits per heavy atom. The van der Waals surface area contributed by atoms with Crippen LogP contribution >= 0.6 is 23.4 Å². The number of halogens is 1. The molecule has 7 heteroatoms. The van der Waals surface area contributed by atoms with Crippen LogP contribution in [0.25, 0.3) is 0 Å². The van der Waals surface area contributed by atoms with E-state index in [0.717, 1.165) is 0 Å². The van der Waals surface area contributed by atoms with E-state index in [1.165, 1.54) is 17.8 Å². The van der Waals surface area contributed by atoms with Gasteiger partial charge in [-0.25, -0.2) is 9.79 Å². The summed E-state index contributed by atoms with van der Waals surface area (Å²) in [5.74, 6) is -1.17. The summed E-state index contributed by atoms with van der Waals surface area (Å²) < 4.78 is 0. The van der Waals surface area contributed by atoms with Crippen LogP contribution in [0.5, 0.6) is 0 Å². The summed E-state index contributed by atoms with van der Waals surface area (Å²) in [6.45, 7) is 0. The number of amidine groups is 1. The van der Waals surface area contributed by atoms with Gasteiger partial charge in [0.2, 0.25) is 5.91 Å². The van der Waals surface area contributed by atoms with Gasteiger partial charge < -0.3 is 10.4 Å². The number of carbonyl (C=O) groups is 2. The molecule has 0 aliphatic carbocycles. The molecule has 1 aliphatic rings. The van der Waals surface area contributed by atoms with Crippen LogP contribution in [-0.2, 0) is 11.2 Å². The van der Waals surface area contributed by atoms with Crippen molar-refractivity contribution < 1.29 is 14.7 Å². The first-order valence-corrected chi connectivity index (χ1v) is 8.41. The number of carboxylic acid groups (broad SMARTS) is 1. The van der Waals surface area contributed by atoms with Gasteiger partial charge in [-0.2, -0.15) is 0 Å². The van der Waals surface area contributed by atoms with Crippen LogP contribution in [0.3, 0.4) is 0 Å². The summed E-state index contributed by atoms with van der Waals surface area (Å²) in [4.78, 5) is 27.8. The summed E-state index contributed by atoms with van der Waals surface area (Å²) in [5.41, 5.74) is 1.54. The molecule has 1 atom stereocenters. The Labute approximate surface area is 147 Å². The Morgan fingerprint density at radius 1 is 1.21 bits per heavy atom. The topological polar surface area (TPSA) is 78.8 Å². The zero-order chi connectivity index (χ0) is 17.1. The van der Waals surface area contributed by atoms with Crippen molar-refractivity contribution in [2.45, 2.75) is 11.7 Å². The van der Waals surface area contributed by atoms with Crippen molar-refractivity contribution in [1.29, 1.82) is 0 Å². The predicted molar refractivity (Wildman–Crippen MR) is 95.2 cm³/mol. The second-order valence-corrected chi connectivity index (χ2v) is 6.78. The number of rotatable bonds is 4. The standard InChI is InChI=1S/C17H13ClN2O3S/c18-11-5-7-12(8-6-11)19-17-20-15(21)14(24-17)9-10-3-1-2-4-13(10)16(22)23/h1-8,14H,9H2,(H,22,23)(H,19,20,21)/t14-/m0/s1. The fourth-order valence-corrected chi connectivity index (χ4v) is 3.47. The largest absolute Gasteiger partial charge is 0.478 e. The van der Waals surface area contributed by atoms with Gasteiger partial charge in [0.1, 0.15) is 0 Å². The summed E-state index contributed by atoms with van der Waals surface area (Å²) in [6, 6.07) is 13.7. The van der Waals surface area contributed by atoms with Crippen molar-refractivity contribution >= 4 is 46.1 Å². The number of hydrogen-bond acceptors (Lipinski definition) is 4. The molecule has 1 aliphatic heterocycles. The van der Waals surface area contributed by atoms with Gasteiger partial charge in [-0.05, 0) is 42.3 Å². The van der Waals surface area contributed by atoms with E-state index < -0.39 is 11.2 Å². The Kier molecular flexibility index (Phi) is 4.87. The van der Waals surface area contributed by atoms with Gasteiger partial charge in [-0.3, -0.25) is 4.79 Å². The quantitative estimate of drug-likeness (QED) is 0.874. The summed E-state index contributed by atoms with van der Waals surface area (Å²) in [6.07, 6.45) is 0.332. The van der Waals surface area contributed by atoms with Gasteiger partial charge in [0, 0.05) is 5.02 Å². The fraction of sp³-hybridized carbons (Fsp3) is 0.118. The summed E-state index contributed by atoms with van der Waals surface area (Å²) in [5, 5.41) is 12.7. The number of carboxylic acids is 1. The molecule has 122 valence electrons. The molecule has 1 saturated heterocycles. The predicted octanol–water partition coefficient (Wildman–Crippen LogP) is 3.50. The third-order valence-corrected chi connectivity index (χ3v) is 4.82. The van der Waals surface area contributed by atoms with Crippen molar-refractivity contribution in [3.05, 3.63) is 64.7 Å². The van der Waals surface area contributed by atoms with Crippen molar-refractivity contribution in [1.82, 2.24) is 5.32 Å². The lowest BCUT2D eigenvalue weighted by atomic mass is 10.0. The van der Waals surface area contributed by atoms with Crippen LogP contribution < -0.4 is 5.32 Å². The molecular weight excluding hydrogens is 348 g/mol. The maximum absolute atomic E-state index is 12.1. The van der Waals surface area contributed by atoms with E-state index in [-0.39, 0.29) is 11.5 Å². The second kappa shape index (κ2) is 7.07. The molecule has 1 heterocycles. The first kappa shape index (κ1) is 16.5. The molecule has 3 rings (SSSR count). The van der Waals surface area contributed by atoms with Crippen molar-refractivity contribution in [2.75, 3.05) is 0 Å². The number of aliphatic imine (C=N–C) groups is 1. The molecule has 2 aromatic carbocycles.